The molecule has 3 aromatic carbocycles. The Morgan fingerprint density at radius 1 is 1.03 bits per heavy atom. The summed E-state index contributed by atoms with van der Waals surface area (Å²) in [6.45, 7) is 4.35. The van der Waals surface area contributed by atoms with Crippen LogP contribution in [0.5, 0.6) is 0 Å². The Labute approximate surface area is 175 Å². The van der Waals surface area contributed by atoms with Gasteiger partial charge in [0.2, 0.25) is 5.91 Å². The van der Waals surface area contributed by atoms with Gasteiger partial charge in [0.15, 0.2) is 5.17 Å². The molecular weight excluding hydrogens is 378 g/mol. The third-order valence-corrected chi connectivity index (χ3v) is 6.08. The number of carbonyl (C=O) groups is 1. The van der Waals surface area contributed by atoms with E-state index in [1.807, 2.05) is 24.3 Å². The van der Waals surface area contributed by atoms with E-state index >= 15 is 0 Å². The molecule has 1 heterocycles. The van der Waals surface area contributed by atoms with E-state index in [1.54, 1.807) is 6.21 Å². The van der Waals surface area contributed by atoms with Crippen LogP contribution in [0.25, 0.3) is 10.8 Å². The molecule has 4 nitrogen and oxygen atoms in total. The minimum absolute atomic E-state index is 0.0120. The standard InChI is InChI=1S/C24H23N3OS/c1-16(2)18-12-10-17(11-13-18)14-22-23(28)26-24(29-22)27-25-15-20-8-5-7-19-6-3-4-9-21(19)20/h3-13,15-16,22H,14H2,1-2H3,(H,26,27,28)/b25-15+. The first-order valence-electron chi connectivity index (χ1n) is 9.75. The second kappa shape index (κ2) is 8.62. The quantitative estimate of drug-likeness (QED) is 0.476. The summed E-state index contributed by atoms with van der Waals surface area (Å²) in [6, 6.07) is 22.8. The smallest absolute Gasteiger partial charge is 0.239 e. The molecule has 1 saturated heterocycles. The van der Waals surface area contributed by atoms with Gasteiger partial charge in [0, 0.05) is 5.56 Å². The van der Waals surface area contributed by atoms with Gasteiger partial charge in [-0.05, 0) is 34.2 Å². The minimum atomic E-state index is -0.175. The van der Waals surface area contributed by atoms with E-state index in [1.165, 1.54) is 17.3 Å². The van der Waals surface area contributed by atoms with E-state index in [0.29, 0.717) is 17.5 Å². The molecule has 1 N–H and O–H groups in total. The van der Waals surface area contributed by atoms with Crippen molar-refractivity contribution < 1.29 is 4.79 Å². The van der Waals surface area contributed by atoms with Crippen LogP contribution in [0.3, 0.4) is 0 Å². The molecule has 1 aliphatic rings. The molecule has 146 valence electrons. The molecular formula is C24H23N3OS. The summed E-state index contributed by atoms with van der Waals surface area (Å²) in [5.74, 6) is 0.494. The normalized spacial score (nSPS) is 18.2. The second-order valence-electron chi connectivity index (χ2n) is 7.41. The number of amidine groups is 1. The van der Waals surface area contributed by atoms with E-state index in [4.69, 9.17) is 0 Å². The van der Waals surface area contributed by atoms with Crippen LogP contribution in [0.1, 0.15) is 36.5 Å². The van der Waals surface area contributed by atoms with Crippen LogP contribution >= 0.6 is 11.8 Å². The second-order valence-corrected chi connectivity index (χ2v) is 8.61. The van der Waals surface area contributed by atoms with Crippen LogP contribution in [-0.4, -0.2) is 22.5 Å². The van der Waals surface area contributed by atoms with E-state index in [9.17, 15) is 4.79 Å². The molecule has 0 saturated carbocycles. The average molecular weight is 402 g/mol. The highest BCUT2D eigenvalue weighted by Gasteiger charge is 2.30. The maximum absolute atomic E-state index is 12.3. The van der Waals surface area contributed by atoms with Gasteiger partial charge in [0.05, 0.1) is 11.5 Å². The third kappa shape index (κ3) is 4.57. The van der Waals surface area contributed by atoms with Gasteiger partial charge in [-0.25, -0.2) is 0 Å². The summed E-state index contributed by atoms with van der Waals surface area (Å²) in [5.41, 5.74) is 3.47. The molecule has 3 aromatic rings. The van der Waals surface area contributed by atoms with Crippen molar-refractivity contribution in [3.05, 3.63) is 83.4 Å². The Morgan fingerprint density at radius 2 is 1.79 bits per heavy atom. The number of nitrogens with zero attached hydrogens (tertiary/aromatic N) is 2. The lowest BCUT2D eigenvalue weighted by Crippen LogP contribution is -2.25. The number of benzene rings is 3. The Balaban J connectivity index is 1.43. The first-order valence-corrected chi connectivity index (χ1v) is 10.6. The molecule has 0 spiro atoms. The summed E-state index contributed by atoms with van der Waals surface area (Å²) in [4.78, 5) is 12.3. The number of rotatable bonds is 5. The van der Waals surface area contributed by atoms with Crippen molar-refractivity contribution in [2.45, 2.75) is 31.4 Å². The predicted molar refractivity (Wildman–Crippen MR) is 123 cm³/mol. The number of hydrogen-bond donors (Lipinski definition) is 1. The van der Waals surface area contributed by atoms with Crippen LogP contribution in [0.4, 0.5) is 0 Å². The van der Waals surface area contributed by atoms with Crippen molar-refractivity contribution in [2.75, 3.05) is 0 Å². The molecule has 1 fully saturated rings. The Hall–Kier alpha value is -2.92. The highest BCUT2D eigenvalue weighted by Crippen LogP contribution is 2.24. The zero-order valence-electron chi connectivity index (χ0n) is 16.5. The predicted octanol–water partition coefficient (Wildman–Crippen LogP) is 5.13. The molecule has 29 heavy (non-hydrogen) atoms. The first kappa shape index (κ1) is 19.4. The molecule has 0 radical (unpaired) electrons. The van der Waals surface area contributed by atoms with Crippen molar-refractivity contribution in [3.63, 3.8) is 0 Å². The summed E-state index contributed by atoms with van der Waals surface area (Å²) >= 11 is 1.44. The van der Waals surface area contributed by atoms with Gasteiger partial charge < -0.3 is 5.32 Å². The maximum atomic E-state index is 12.3. The van der Waals surface area contributed by atoms with Crippen molar-refractivity contribution >= 4 is 39.8 Å². The van der Waals surface area contributed by atoms with Gasteiger partial charge in [-0.2, -0.15) is 5.10 Å². The van der Waals surface area contributed by atoms with Crippen molar-refractivity contribution in [1.29, 1.82) is 0 Å². The maximum Gasteiger partial charge on any atom is 0.239 e. The van der Waals surface area contributed by atoms with Crippen LogP contribution in [0.15, 0.2) is 76.9 Å². The number of amides is 1. The molecule has 1 unspecified atom stereocenters. The molecule has 0 bridgehead atoms. The monoisotopic (exact) mass is 401 g/mol. The number of carbonyl (C=O) groups excluding carboxylic acids is 1. The lowest BCUT2D eigenvalue weighted by molar-refractivity contribution is -0.118. The third-order valence-electron chi connectivity index (χ3n) is 5.01. The largest absolute Gasteiger partial charge is 0.303 e. The van der Waals surface area contributed by atoms with Crippen LogP contribution in [-0.2, 0) is 11.2 Å². The molecule has 1 atom stereocenters. The zero-order chi connectivity index (χ0) is 20.2. The molecule has 4 rings (SSSR count). The van der Waals surface area contributed by atoms with E-state index in [-0.39, 0.29) is 11.2 Å². The highest BCUT2D eigenvalue weighted by atomic mass is 32.2. The van der Waals surface area contributed by atoms with Gasteiger partial charge in [0.1, 0.15) is 0 Å². The fourth-order valence-electron chi connectivity index (χ4n) is 3.35. The molecule has 0 aliphatic carbocycles. The van der Waals surface area contributed by atoms with Crippen LogP contribution < -0.4 is 5.32 Å². The van der Waals surface area contributed by atoms with Crippen molar-refractivity contribution in [1.82, 2.24) is 5.32 Å². The average Bonchev–Trinajstić information content (AvgIpc) is 3.07. The zero-order valence-corrected chi connectivity index (χ0v) is 17.3. The molecule has 1 amide bonds. The number of fused-ring (bicyclic) bond motifs is 1. The molecule has 0 aromatic heterocycles. The summed E-state index contributed by atoms with van der Waals surface area (Å²) in [5, 5.41) is 13.9. The van der Waals surface area contributed by atoms with Gasteiger partial charge in [0.25, 0.3) is 0 Å². The number of nitrogens with one attached hydrogen (secondary N) is 1. The summed E-state index contributed by atoms with van der Waals surface area (Å²) in [6.07, 6.45) is 2.42. The van der Waals surface area contributed by atoms with Gasteiger partial charge >= 0.3 is 0 Å². The summed E-state index contributed by atoms with van der Waals surface area (Å²) in [7, 11) is 0. The fraction of sp³-hybridized carbons (Fsp3) is 0.208. The summed E-state index contributed by atoms with van der Waals surface area (Å²) < 4.78 is 0. The molecule has 1 aliphatic heterocycles. The van der Waals surface area contributed by atoms with Gasteiger partial charge in [-0.1, -0.05) is 92.3 Å². The van der Waals surface area contributed by atoms with E-state index in [0.717, 1.165) is 21.9 Å². The lowest BCUT2D eigenvalue weighted by Gasteiger charge is -2.08. The first-order chi connectivity index (χ1) is 14.1. The van der Waals surface area contributed by atoms with Gasteiger partial charge in [-0.15, -0.1) is 5.10 Å². The van der Waals surface area contributed by atoms with Crippen molar-refractivity contribution in [3.8, 4) is 0 Å². The fourth-order valence-corrected chi connectivity index (χ4v) is 4.31. The van der Waals surface area contributed by atoms with E-state index < -0.39 is 0 Å². The lowest BCUT2D eigenvalue weighted by atomic mass is 10.0. The van der Waals surface area contributed by atoms with Crippen LogP contribution in [0.2, 0.25) is 0 Å². The highest BCUT2D eigenvalue weighted by molar-refractivity contribution is 8.15. The Bertz CT molecular complexity index is 1080. The Morgan fingerprint density at radius 3 is 2.59 bits per heavy atom. The number of thioether (sulfide) groups is 1. The topological polar surface area (TPSA) is 53.8 Å². The minimum Gasteiger partial charge on any atom is -0.303 e. The Kier molecular flexibility index (Phi) is 5.76. The van der Waals surface area contributed by atoms with Gasteiger partial charge in [-0.3, -0.25) is 4.79 Å². The number of hydrogen-bond acceptors (Lipinski definition) is 4. The van der Waals surface area contributed by atoms with Crippen LogP contribution in [0, 0.1) is 0 Å². The van der Waals surface area contributed by atoms with E-state index in [2.05, 4.69) is 71.8 Å². The van der Waals surface area contributed by atoms with Crippen molar-refractivity contribution in [2.24, 2.45) is 10.2 Å². The SMILES string of the molecule is CC(C)c1ccc(CC2S/C(=N/N=C/c3cccc4ccccc34)NC2=O)cc1. The molecule has 5 heteroatoms.